The Balaban J connectivity index is 2.22. The number of hydrogen-bond acceptors (Lipinski definition) is 3. The Bertz CT molecular complexity index is 385. The standard InChI is InChI=1S/C11H15ClFN3/c1-7-3-4-16(5-9(7)12)11-10(13)8(2)14-6-15-11/h6-7,9H,3-5H2,1-2H3. The fraction of sp³-hybridized carbons (Fsp3) is 0.636. The minimum atomic E-state index is -0.332. The van der Waals surface area contributed by atoms with Gasteiger partial charge in [-0.2, -0.15) is 0 Å². The fourth-order valence-electron chi connectivity index (χ4n) is 1.88. The predicted molar refractivity (Wildman–Crippen MR) is 62.4 cm³/mol. The van der Waals surface area contributed by atoms with Gasteiger partial charge in [0.25, 0.3) is 0 Å². The lowest BCUT2D eigenvalue weighted by Gasteiger charge is -2.34. The van der Waals surface area contributed by atoms with Crippen LogP contribution in [0.2, 0.25) is 0 Å². The number of aryl methyl sites for hydroxylation is 1. The molecule has 1 aromatic heterocycles. The molecule has 0 saturated carbocycles. The van der Waals surface area contributed by atoms with Gasteiger partial charge in [0.1, 0.15) is 6.33 Å². The Labute approximate surface area is 99.6 Å². The molecular weight excluding hydrogens is 229 g/mol. The first kappa shape index (κ1) is 11.6. The van der Waals surface area contributed by atoms with E-state index in [0.29, 0.717) is 24.0 Å². The number of alkyl halides is 1. The molecule has 0 aliphatic carbocycles. The Kier molecular flexibility index (Phi) is 3.28. The van der Waals surface area contributed by atoms with Crippen molar-refractivity contribution in [3.63, 3.8) is 0 Å². The number of nitrogens with zero attached hydrogens (tertiary/aromatic N) is 3. The van der Waals surface area contributed by atoms with Crippen LogP contribution in [0.15, 0.2) is 6.33 Å². The quantitative estimate of drug-likeness (QED) is 0.710. The maximum Gasteiger partial charge on any atom is 0.186 e. The molecule has 0 amide bonds. The first-order chi connectivity index (χ1) is 7.59. The molecule has 88 valence electrons. The van der Waals surface area contributed by atoms with Crippen LogP contribution in [0.3, 0.4) is 0 Å². The Morgan fingerprint density at radius 1 is 1.50 bits per heavy atom. The van der Waals surface area contributed by atoms with Crippen LogP contribution in [0, 0.1) is 18.7 Å². The van der Waals surface area contributed by atoms with Crippen molar-refractivity contribution in [2.24, 2.45) is 5.92 Å². The van der Waals surface area contributed by atoms with Crippen molar-refractivity contribution in [1.82, 2.24) is 9.97 Å². The van der Waals surface area contributed by atoms with Crippen molar-refractivity contribution in [3.05, 3.63) is 17.8 Å². The number of anilines is 1. The van der Waals surface area contributed by atoms with E-state index in [1.807, 2.05) is 4.90 Å². The summed E-state index contributed by atoms with van der Waals surface area (Å²) < 4.78 is 13.8. The van der Waals surface area contributed by atoms with Gasteiger partial charge in [-0.05, 0) is 19.3 Å². The Morgan fingerprint density at radius 2 is 2.25 bits per heavy atom. The number of piperidine rings is 1. The first-order valence-corrected chi connectivity index (χ1v) is 5.89. The lowest BCUT2D eigenvalue weighted by atomic mass is 9.98. The van der Waals surface area contributed by atoms with Gasteiger partial charge >= 0.3 is 0 Å². The van der Waals surface area contributed by atoms with E-state index in [0.717, 1.165) is 13.0 Å². The van der Waals surface area contributed by atoms with Crippen LogP contribution in [-0.4, -0.2) is 28.4 Å². The zero-order valence-electron chi connectivity index (χ0n) is 9.45. The maximum atomic E-state index is 13.8. The van der Waals surface area contributed by atoms with Crippen LogP contribution in [0.5, 0.6) is 0 Å². The topological polar surface area (TPSA) is 29.0 Å². The minimum absolute atomic E-state index is 0.0587. The fourth-order valence-corrected chi connectivity index (χ4v) is 2.17. The van der Waals surface area contributed by atoms with Crippen LogP contribution < -0.4 is 4.90 Å². The van der Waals surface area contributed by atoms with Gasteiger partial charge in [-0.15, -0.1) is 11.6 Å². The molecule has 2 rings (SSSR count). The molecule has 3 nitrogen and oxygen atoms in total. The van der Waals surface area contributed by atoms with E-state index in [-0.39, 0.29) is 11.2 Å². The predicted octanol–water partition coefficient (Wildman–Crippen LogP) is 2.38. The number of halogens is 2. The van der Waals surface area contributed by atoms with E-state index < -0.39 is 0 Å². The molecule has 1 saturated heterocycles. The second-order valence-electron chi connectivity index (χ2n) is 4.32. The molecule has 1 aromatic rings. The van der Waals surface area contributed by atoms with Crippen LogP contribution in [0.1, 0.15) is 19.0 Å². The van der Waals surface area contributed by atoms with Gasteiger partial charge in [0.15, 0.2) is 11.6 Å². The van der Waals surface area contributed by atoms with Crippen LogP contribution in [0.4, 0.5) is 10.2 Å². The summed E-state index contributed by atoms with van der Waals surface area (Å²) in [6, 6.07) is 0. The Morgan fingerprint density at radius 3 is 2.94 bits per heavy atom. The van der Waals surface area contributed by atoms with Gasteiger partial charge < -0.3 is 4.90 Å². The molecular formula is C11H15ClFN3. The molecule has 0 N–H and O–H groups in total. The highest BCUT2D eigenvalue weighted by molar-refractivity contribution is 6.21. The second-order valence-corrected chi connectivity index (χ2v) is 4.89. The van der Waals surface area contributed by atoms with Crippen molar-refractivity contribution < 1.29 is 4.39 Å². The Hall–Kier alpha value is -0.900. The van der Waals surface area contributed by atoms with Crippen molar-refractivity contribution in [2.75, 3.05) is 18.0 Å². The zero-order chi connectivity index (χ0) is 11.7. The summed E-state index contributed by atoms with van der Waals surface area (Å²) in [4.78, 5) is 9.73. The van der Waals surface area contributed by atoms with Crippen molar-refractivity contribution in [1.29, 1.82) is 0 Å². The van der Waals surface area contributed by atoms with Gasteiger partial charge in [-0.3, -0.25) is 0 Å². The summed E-state index contributed by atoms with van der Waals surface area (Å²) in [5, 5.41) is 0.0587. The van der Waals surface area contributed by atoms with Crippen molar-refractivity contribution in [2.45, 2.75) is 25.6 Å². The summed E-state index contributed by atoms with van der Waals surface area (Å²) in [5.41, 5.74) is 0.384. The third kappa shape index (κ3) is 2.12. The van der Waals surface area contributed by atoms with Crippen LogP contribution >= 0.6 is 11.6 Å². The number of hydrogen-bond donors (Lipinski definition) is 0. The zero-order valence-corrected chi connectivity index (χ0v) is 10.2. The summed E-state index contributed by atoms with van der Waals surface area (Å²) in [5.74, 6) is 0.523. The third-order valence-electron chi connectivity index (χ3n) is 3.11. The largest absolute Gasteiger partial charge is 0.353 e. The average Bonchev–Trinajstić information content (AvgIpc) is 2.26. The molecule has 2 heterocycles. The van der Waals surface area contributed by atoms with Crippen molar-refractivity contribution in [3.8, 4) is 0 Å². The first-order valence-electron chi connectivity index (χ1n) is 5.45. The highest BCUT2D eigenvalue weighted by Gasteiger charge is 2.27. The van der Waals surface area contributed by atoms with E-state index in [1.54, 1.807) is 6.92 Å². The molecule has 1 aliphatic rings. The molecule has 0 aromatic carbocycles. The summed E-state index contributed by atoms with van der Waals surface area (Å²) in [7, 11) is 0. The highest BCUT2D eigenvalue weighted by Crippen LogP contribution is 2.26. The lowest BCUT2D eigenvalue weighted by molar-refractivity contribution is 0.438. The third-order valence-corrected chi connectivity index (χ3v) is 3.68. The van der Waals surface area contributed by atoms with Gasteiger partial charge in [-0.25, -0.2) is 14.4 Å². The monoisotopic (exact) mass is 243 g/mol. The summed E-state index contributed by atoms with van der Waals surface area (Å²) in [6.07, 6.45) is 2.37. The van der Waals surface area contributed by atoms with E-state index in [9.17, 15) is 4.39 Å². The minimum Gasteiger partial charge on any atom is -0.353 e. The number of rotatable bonds is 1. The van der Waals surface area contributed by atoms with Gasteiger partial charge in [0.05, 0.1) is 11.1 Å². The maximum absolute atomic E-state index is 13.8. The van der Waals surface area contributed by atoms with E-state index in [4.69, 9.17) is 11.6 Å². The van der Waals surface area contributed by atoms with E-state index in [2.05, 4.69) is 16.9 Å². The van der Waals surface area contributed by atoms with E-state index in [1.165, 1.54) is 6.33 Å². The molecule has 1 fully saturated rings. The van der Waals surface area contributed by atoms with Gasteiger partial charge in [0, 0.05) is 13.1 Å². The number of aromatic nitrogens is 2. The SMILES string of the molecule is Cc1ncnc(N2CCC(C)C(Cl)C2)c1F. The second kappa shape index (κ2) is 4.53. The van der Waals surface area contributed by atoms with Crippen LogP contribution in [0.25, 0.3) is 0 Å². The lowest BCUT2D eigenvalue weighted by Crippen LogP contribution is -2.41. The average molecular weight is 244 g/mol. The summed E-state index contributed by atoms with van der Waals surface area (Å²) in [6.45, 7) is 5.22. The van der Waals surface area contributed by atoms with Gasteiger partial charge in [0.2, 0.25) is 0 Å². The molecule has 16 heavy (non-hydrogen) atoms. The molecule has 5 heteroatoms. The molecule has 0 bridgehead atoms. The van der Waals surface area contributed by atoms with Gasteiger partial charge in [-0.1, -0.05) is 6.92 Å². The molecule has 0 radical (unpaired) electrons. The molecule has 2 atom stereocenters. The molecule has 2 unspecified atom stereocenters. The highest BCUT2D eigenvalue weighted by atomic mass is 35.5. The summed E-state index contributed by atoms with van der Waals surface area (Å²) >= 11 is 6.20. The van der Waals surface area contributed by atoms with E-state index >= 15 is 0 Å². The molecule has 0 spiro atoms. The smallest absolute Gasteiger partial charge is 0.186 e. The van der Waals surface area contributed by atoms with Crippen molar-refractivity contribution >= 4 is 17.4 Å². The normalized spacial score (nSPS) is 25.9. The molecule has 1 aliphatic heterocycles. The van der Waals surface area contributed by atoms with Crippen LogP contribution in [-0.2, 0) is 0 Å².